The smallest absolute Gasteiger partial charge is 0.346 e. The maximum absolute atomic E-state index is 13.3. The highest BCUT2D eigenvalue weighted by atomic mass is 16.6. The van der Waals surface area contributed by atoms with Crippen molar-refractivity contribution in [2.75, 3.05) is 14.2 Å². The Hall–Kier alpha value is -3.28. The van der Waals surface area contributed by atoms with Crippen LogP contribution in [0.2, 0.25) is 0 Å². The van der Waals surface area contributed by atoms with E-state index in [9.17, 15) is 9.59 Å². The van der Waals surface area contributed by atoms with Crippen LogP contribution in [-0.2, 0) is 9.53 Å². The number of carbonyl (C=O) groups excluding carboxylic acids is 1. The summed E-state index contributed by atoms with van der Waals surface area (Å²) in [5, 5.41) is 0.426. The molecule has 0 saturated heterocycles. The van der Waals surface area contributed by atoms with Gasteiger partial charge in [0.1, 0.15) is 11.3 Å². The van der Waals surface area contributed by atoms with Crippen LogP contribution in [0.25, 0.3) is 22.3 Å². The summed E-state index contributed by atoms with van der Waals surface area (Å²) in [5.74, 6) is 0.313. The van der Waals surface area contributed by atoms with Crippen LogP contribution in [0.5, 0.6) is 11.5 Å². The second-order valence-electron chi connectivity index (χ2n) is 6.56. The molecule has 146 valence electrons. The van der Waals surface area contributed by atoms with Gasteiger partial charge in [0.25, 0.3) is 0 Å². The van der Waals surface area contributed by atoms with E-state index in [1.165, 1.54) is 14.0 Å². The minimum atomic E-state index is -0.965. The zero-order chi connectivity index (χ0) is 20.4. The highest BCUT2D eigenvalue weighted by Crippen LogP contribution is 2.33. The summed E-state index contributed by atoms with van der Waals surface area (Å²) in [7, 11) is 2.84. The van der Waals surface area contributed by atoms with Crippen molar-refractivity contribution in [2.24, 2.45) is 0 Å². The van der Waals surface area contributed by atoms with Crippen LogP contribution in [0.15, 0.2) is 45.6 Å². The van der Waals surface area contributed by atoms with Gasteiger partial charge in [-0.3, -0.25) is 4.79 Å². The van der Waals surface area contributed by atoms with E-state index in [0.717, 1.165) is 11.1 Å². The summed E-state index contributed by atoms with van der Waals surface area (Å²) >= 11 is 0. The van der Waals surface area contributed by atoms with Gasteiger partial charge in [0, 0.05) is 5.56 Å². The Labute approximate surface area is 162 Å². The lowest BCUT2D eigenvalue weighted by Gasteiger charge is -2.16. The maximum atomic E-state index is 13.3. The first kappa shape index (κ1) is 19.5. The number of esters is 1. The number of fused-ring (bicyclic) bond motifs is 1. The molecule has 2 aromatic carbocycles. The number of hydrogen-bond donors (Lipinski definition) is 0. The number of ether oxygens (including phenoxy) is 3. The highest BCUT2D eigenvalue weighted by Gasteiger charge is 2.24. The third-order valence-corrected chi connectivity index (χ3v) is 4.48. The topological polar surface area (TPSA) is 75.0 Å². The molecule has 6 heteroatoms. The lowest BCUT2D eigenvalue weighted by atomic mass is 10.0. The molecular formula is C22H22O6. The summed E-state index contributed by atoms with van der Waals surface area (Å²) in [6, 6.07) is 10.8. The Kier molecular flexibility index (Phi) is 5.40. The van der Waals surface area contributed by atoms with E-state index in [1.54, 1.807) is 31.4 Å². The van der Waals surface area contributed by atoms with Gasteiger partial charge < -0.3 is 18.6 Å². The lowest BCUT2D eigenvalue weighted by molar-refractivity contribution is -0.147. The molecule has 28 heavy (non-hydrogen) atoms. The summed E-state index contributed by atoms with van der Waals surface area (Å²) < 4.78 is 21.7. The molecule has 1 atom stereocenters. The molecule has 1 unspecified atom stereocenters. The van der Waals surface area contributed by atoms with Crippen molar-refractivity contribution in [3.05, 3.63) is 57.7 Å². The van der Waals surface area contributed by atoms with Gasteiger partial charge in [-0.2, -0.15) is 0 Å². The maximum Gasteiger partial charge on any atom is 0.346 e. The van der Waals surface area contributed by atoms with Crippen molar-refractivity contribution in [1.82, 2.24) is 0 Å². The first-order valence-electron chi connectivity index (χ1n) is 8.82. The van der Waals surface area contributed by atoms with Gasteiger partial charge in [0.05, 0.1) is 19.6 Å². The molecule has 0 spiro atoms. The van der Waals surface area contributed by atoms with Gasteiger partial charge >= 0.3 is 5.97 Å². The Balaban J connectivity index is 2.27. The Morgan fingerprint density at radius 3 is 2.36 bits per heavy atom. The number of carbonyl (C=O) groups is 1. The van der Waals surface area contributed by atoms with Gasteiger partial charge in [-0.15, -0.1) is 0 Å². The SMILES string of the molecule is COC(=O)C(C)Oc1c(-c2ccc(OC)cc2)oc2cc(C)cc(C)c2c1=O. The third kappa shape index (κ3) is 3.58. The highest BCUT2D eigenvalue weighted by molar-refractivity contribution is 5.85. The summed E-state index contributed by atoms with van der Waals surface area (Å²) in [4.78, 5) is 25.1. The van der Waals surface area contributed by atoms with Crippen molar-refractivity contribution in [3.63, 3.8) is 0 Å². The molecule has 0 amide bonds. The van der Waals surface area contributed by atoms with Crippen LogP contribution < -0.4 is 14.9 Å². The first-order chi connectivity index (χ1) is 13.3. The van der Waals surface area contributed by atoms with Crippen LogP contribution in [0.4, 0.5) is 0 Å². The Morgan fingerprint density at radius 1 is 1.07 bits per heavy atom. The monoisotopic (exact) mass is 382 g/mol. The van der Waals surface area contributed by atoms with Gasteiger partial charge in [-0.1, -0.05) is 6.07 Å². The fourth-order valence-electron chi connectivity index (χ4n) is 3.10. The number of methoxy groups -OCH3 is 2. The molecule has 1 heterocycles. The zero-order valence-corrected chi connectivity index (χ0v) is 16.5. The van der Waals surface area contributed by atoms with Crippen LogP contribution in [0, 0.1) is 13.8 Å². The Morgan fingerprint density at radius 2 is 1.75 bits per heavy atom. The van der Waals surface area contributed by atoms with Crippen molar-refractivity contribution < 1.29 is 23.4 Å². The molecule has 0 fully saturated rings. The molecule has 0 saturated carbocycles. The minimum absolute atomic E-state index is 0.0254. The predicted molar refractivity (Wildman–Crippen MR) is 106 cm³/mol. The van der Waals surface area contributed by atoms with Crippen molar-refractivity contribution in [1.29, 1.82) is 0 Å². The average Bonchev–Trinajstić information content (AvgIpc) is 2.68. The van der Waals surface area contributed by atoms with E-state index in [2.05, 4.69) is 0 Å². The molecular weight excluding hydrogens is 360 g/mol. The van der Waals surface area contributed by atoms with E-state index < -0.39 is 12.1 Å². The number of hydrogen-bond acceptors (Lipinski definition) is 6. The largest absolute Gasteiger partial charge is 0.497 e. The van der Waals surface area contributed by atoms with Crippen LogP contribution >= 0.6 is 0 Å². The Bertz CT molecular complexity index is 1080. The van der Waals surface area contributed by atoms with E-state index in [4.69, 9.17) is 18.6 Å². The fraction of sp³-hybridized carbons (Fsp3) is 0.273. The molecule has 0 bridgehead atoms. The van der Waals surface area contributed by atoms with Crippen LogP contribution in [0.3, 0.4) is 0 Å². The minimum Gasteiger partial charge on any atom is -0.497 e. The van der Waals surface area contributed by atoms with Gasteiger partial charge in [0.15, 0.2) is 11.9 Å². The summed E-state index contributed by atoms with van der Waals surface area (Å²) in [6.07, 6.45) is -0.965. The number of rotatable bonds is 5. The molecule has 0 radical (unpaired) electrons. The average molecular weight is 382 g/mol. The van der Waals surface area contributed by atoms with Crippen molar-refractivity contribution in [2.45, 2.75) is 26.9 Å². The van der Waals surface area contributed by atoms with E-state index >= 15 is 0 Å². The zero-order valence-electron chi connectivity index (χ0n) is 16.5. The molecule has 0 aliphatic carbocycles. The van der Waals surface area contributed by atoms with Crippen molar-refractivity contribution in [3.8, 4) is 22.8 Å². The summed E-state index contributed by atoms with van der Waals surface area (Å²) in [5.41, 5.74) is 2.52. The third-order valence-electron chi connectivity index (χ3n) is 4.48. The first-order valence-corrected chi connectivity index (χ1v) is 8.82. The second kappa shape index (κ2) is 7.76. The molecule has 6 nitrogen and oxygen atoms in total. The van der Waals surface area contributed by atoms with Gasteiger partial charge in [0.2, 0.25) is 11.2 Å². The fourth-order valence-corrected chi connectivity index (χ4v) is 3.10. The predicted octanol–water partition coefficient (Wildman–Crippen LogP) is 4.03. The molecule has 3 aromatic rings. The van der Waals surface area contributed by atoms with Gasteiger partial charge in [-0.05, 0) is 62.2 Å². The number of benzene rings is 2. The van der Waals surface area contributed by atoms with Crippen molar-refractivity contribution >= 4 is 16.9 Å². The van der Waals surface area contributed by atoms with Crippen LogP contribution in [0.1, 0.15) is 18.1 Å². The quantitative estimate of drug-likeness (QED) is 0.620. The second-order valence-corrected chi connectivity index (χ2v) is 6.56. The normalized spacial score (nSPS) is 11.9. The molecule has 0 aliphatic heterocycles. The van der Waals surface area contributed by atoms with E-state index in [0.29, 0.717) is 22.3 Å². The van der Waals surface area contributed by atoms with Gasteiger partial charge in [-0.25, -0.2) is 4.79 Å². The van der Waals surface area contributed by atoms with E-state index in [-0.39, 0.29) is 16.9 Å². The lowest BCUT2D eigenvalue weighted by Crippen LogP contribution is -2.27. The van der Waals surface area contributed by atoms with Crippen LogP contribution in [-0.4, -0.2) is 26.3 Å². The standard InChI is InChI=1S/C22H22O6/c1-12-10-13(2)18-17(11-12)28-20(15-6-8-16(25-4)9-7-15)21(19(18)23)27-14(3)22(24)26-5/h6-11,14H,1-5H3. The summed E-state index contributed by atoms with van der Waals surface area (Å²) in [6.45, 7) is 5.30. The van der Waals surface area contributed by atoms with E-state index in [1.807, 2.05) is 26.0 Å². The molecule has 1 aromatic heterocycles. The number of aryl methyl sites for hydroxylation is 2. The molecule has 0 aliphatic rings. The molecule has 0 N–H and O–H groups in total. The molecule has 3 rings (SSSR count).